The smallest absolute Gasteiger partial charge is 0.192 e. The molecule has 4 nitrogen and oxygen atoms in total. The van der Waals surface area contributed by atoms with Crippen LogP contribution in [0.15, 0.2) is 29.5 Å². The molecule has 1 aromatic rings. The number of nitrogens with two attached hydrogens (primary N) is 1. The number of rotatable bonds is 3. The van der Waals surface area contributed by atoms with E-state index in [1.54, 1.807) is 0 Å². The van der Waals surface area contributed by atoms with Gasteiger partial charge < -0.3 is 10.6 Å². The Hall–Kier alpha value is -1.58. The number of hydrogen-bond acceptors (Lipinski definition) is 4. The lowest BCUT2D eigenvalue weighted by Gasteiger charge is -2.36. The van der Waals surface area contributed by atoms with Gasteiger partial charge in [0, 0.05) is 18.9 Å². The summed E-state index contributed by atoms with van der Waals surface area (Å²) in [4.78, 5) is 10.8. The van der Waals surface area contributed by atoms with Gasteiger partial charge in [0.25, 0.3) is 0 Å². The Morgan fingerprint density at radius 2 is 2.12 bits per heavy atom. The molecule has 0 spiro atoms. The Morgan fingerprint density at radius 3 is 2.76 bits per heavy atom. The lowest BCUT2D eigenvalue weighted by molar-refractivity contribution is 0.217. The molecule has 3 rings (SSSR count). The molecular formula is C13H18N4. The Morgan fingerprint density at radius 1 is 1.41 bits per heavy atom. The highest BCUT2D eigenvalue weighted by Crippen LogP contribution is 2.37. The third kappa shape index (κ3) is 1.77. The summed E-state index contributed by atoms with van der Waals surface area (Å²) in [7, 11) is 0. The highest BCUT2D eigenvalue weighted by atomic mass is 15.4. The van der Waals surface area contributed by atoms with Crippen LogP contribution in [0.5, 0.6) is 0 Å². The van der Waals surface area contributed by atoms with E-state index >= 15 is 0 Å². The van der Waals surface area contributed by atoms with E-state index in [1.807, 2.05) is 12.4 Å². The Labute approximate surface area is 102 Å². The third-order valence-corrected chi connectivity index (χ3v) is 3.86. The van der Waals surface area contributed by atoms with Gasteiger partial charge in [-0.15, -0.1) is 0 Å². The molecule has 1 fully saturated rings. The minimum atomic E-state index is -0.0877. The van der Waals surface area contributed by atoms with E-state index in [9.17, 15) is 0 Å². The van der Waals surface area contributed by atoms with E-state index < -0.39 is 0 Å². The van der Waals surface area contributed by atoms with E-state index in [1.165, 1.54) is 18.4 Å². The maximum Gasteiger partial charge on any atom is 0.192 e. The van der Waals surface area contributed by atoms with E-state index in [0.29, 0.717) is 5.96 Å². The second kappa shape index (κ2) is 3.72. The van der Waals surface area contributed by atoms with Crippen LogP contribution in [-0.4, -0.2) is 28.9 Å². The van der Waals surface area contributed by atoms with Crippen LogP contribution in [0.2, 0.25) is 0 Å². The van der Waals surface area contributed by atoms with Gasteiger partial charge in [-0.2, -0.15) is 0 Å². The first-order chi connectivity index (χ1) is 8.20. The molecule has 1 unspecified atom stereocenters. The highest BCUT2D eigenvalue weighted by Gasteiger charge is 2.41. The van der Waals surface area contributed by atoms with Crippen LogP contribution in [0.3, 0.4) is 0 Å². The lowest BCUT2D eigenvalue weighted by atomic mass is 9.92. The van der Waals surface area contributed by atoms with Crippen molar-refractivity contribution in [2.45, 2.75) is 25.3 Å². The molecule has 17 heavy (non-hydrogen) atoms. The van der Waals surface area contributed by atoms with Crippen molar-refractivity contribution in [1.82, 2.24) is 9.88 Å². The quantitative estimate of drug-likeness (QED) is 0.852. The van der Waals surface area contributed by atoms with Crippen LogP contribution >= 0.6 is 0 Å². The highest BCUT2D eigenvalue weighted by molar-refractivity contribution is 5.81. The fourth-order valence-corrected chi connectivity index (χ4v) is 2.47. The van der Waals surface area contributed by atoms with Crippen LogP contribution in [-0.2, 0) is 5.54 Å². The fourth-order valence-electron chi connectivity index (χ4n) is 2.47. The average Bonchev–Trinajstić information content (AvgIpc) is 3.13. The SMILES string of the molecule is CC1(c2ccncc2)CN=C(N)N1CC1CC1. The van der Waals surface area contributed by atoms with Crippen molar-refractivity contribution in [3.8, 4) is 0 Å². The van der Waals surface area contributed by atoms with Crippen LogP contribution < -0.4 is 5.73 Å². The molecule has 1 saturated carbocycles. The molecular weight excluding hydrogens is 212 g/mol. The summed E-state index contributed by atoms with van der Waals surface area (Å²) in [6, 6.07) is 4.13. The van der Waals surface area contributed by atoms with Gasteiger partial charge in [0.15, 0.2) is 5.96 Å². The topological polar surface area (TPSA) is 54.5 Å². The van der Waals surface area contributed by atoms with Crippen molar-refractivity contribution < 1.29 is 0 Å². The third-order valence-electron chi connectivity index (χ3n) is 3.86. The van der Waals surface area contributed by atoms with Gasteiger partial charge in [-0.3, -0.25) is 9.98 Å². The average molecular weight is 230 g/mol. The number of aliphatic imine (C=N–C) groups is 1. The van der Waals surface area contributed by atoms with Crippen LogP contribution in [0.4, 0.5) is 0 Å². The second-order valence-electron chi connectivity index (χ2n) is 5.24. The Balaban J connectivity index is 1.90. The van der Waals surface area contributed by atoms with E-state index in [0.717, 1.165) is 19.0 Å². The van der Waals surface area contributed by atoms with Crippen LogP contribution in [0.25, 0.3) is 0 Å². The van der Waals surface area contributed by atoms with Gasteiger partial charge in [-0.05, 0) is 43.4 Å². The largest absolute Gasteiger partial charge is 0.370 e. The zero-order valence-corrected chi connectivity index (χ0v) is 10.1. The normalized spacial score (nSPS) is 28.3. The number of hydrogen-bond donors (Lipinski definition) is 1. The molecule has 90 valence electrons. The van der Waals surface area contributed by atoms with Crippen molar-refractivity contribution in [1.29, 1.82) is 0 Å². The zero-order chi connectivity index (χ0) is 11.9. The van der Waals surface area contributed by atoms with Crippen LogP contribution in [0, 0.1) is 5.92 Å². The molecule has 2 heterocycles. The first kappa shape index (κ1) is 10.6. The zero-order valence-electron chi connectivity index (χ0n) is 10.1. The Bertz CT molecular complexity index is 438. The molecule has 0 saturated heterocycles. The molecule has 1 aliphatic carbocycles. The minimum Gasteiger partial charge on any atom is -0.370 e. The maximum atomic E-state index is 6.03. The number of nitrogens with zero attached hydrogens (tertiary/aromatic N) is 3. The molecule has 1 aliphatic heterocycles. The first-order valence-corrected chi connectivity index (χ1v) is 6.18. The summed E-state index contributed by atoms with van der Waals surface area (Å²) in [5, 5.41) is 0. The summed E-state index contributed by atoms with van der Waals surface area (Å²) in [6.45, 7) is 4.00. The van der Waals surface area contributed by atoms with Gasteiger partial charge in [0.2, 0.25) is 0 Å². The Kier molecular flexibility index (Phi) is 2.31. The van der Waals surface area contributed by atoms with E-state index in [2.05, 4.69) is 33.9 Å². The molecule has 0 bridgehead atoms. The molecule has 1 atom stereocenters. The maximum absolute atomic E-state index is 6.03. The number of guanidine groups is 1. The summed E-state index contributed by atoms with van der Waals surface area (Å²) in [6.07, 6.45) is 6.33. The second-order valence-corrected chi connectivity index (χ2v) is 5.24. The first-order valence-electron chi connectivity index (χ1n) is 6.18. The molecule has 4 heteroatoms. The monoisotopic (exact) mass is 230 g/mol. The van der Waals surface area contributed by atoms with Crippen molar-refractivity contribution in [2.75, 3.05) is 13.1 Å². The van der Waals surface area contributed by atoms with Crippen molar-refractivity contribution >= 4 is 5.96 Å². The molecule has 1 aromatic heterocycles. The summed E-state index contributed by atoms with van der Waals surface area (Å²) in [5.41, 5.74) is 7.19. The van der Waals surface area contributed by atoms with Crippen molar-refractivity contribution in [3.63, 3.8) is 0 Å². The molecule has 2 N–H and O–H groups in total. The summed E-state index contributed by atoms with van der Waals surface area (Å²) < 4.78 is 0. The molecule has 2 aliphatic rings. The number of aromatic nitrogens is 1. The lowest BCUT2D eigenvalue weighted by Crippen LogP contribution is -2.48. The molecule has 0 aromatic carbocycles. The van der Waals surface area contributed by atoms with E-state index in [4.69, 9.17) is 5.73 Å². The van der Waals surface area contributed by atoms with Crippen molar-refractivity contribution in [2.24, 2.45) is 16.6 Å². The van der Waals surface area contributed by atoms with E-state index in [-0.39, 0.29) is 5.54 Å². The molecule has 0 radical (unpaired) electrons. The molecule has 0 amide bonds. The van der Waals surface area contributed by atoms with Gasteiger partial charge >= 0.3 is 0 Å². The predicted molar refractivity (Wildman–Crippen MR) is 67.5 cm³/mol. The minimum absolute atomic E-state index is 0.0877. The van der Waals surface area contributed by atoms with Crippen LogP contribution in [0.1, 0.15) is 25.3 Å². The van der Waals surface area contributed by atoms with Gasteiger partial charge in [-0.25, -0.2) is 0 Å². The number of pyridine rings is 1. The van der Waals surface area contributed by atoms with Gasteiger partial charge in [0.1, 0.15) is 0 Å². The standard InChI is InChI=1S/C13H18N4/c1-13(11-4-6-15-7-5-11)9-16-12(14)17(13)8-10-2-3-10/h4-7,10H,2-3,8-9H2,1H3,(H2,14,16). The van der Waals surface area contributed by atoms with Gasteiger partial charge in [0.05, 0.1) is 12.1 Å². The summed E-state index contributed by atoms with van der Waals surface area (Å²) in [5.74, 6) is 1.50. The van der Waals surface area contributed by atoms with Gasteiger partial charge in [-0.1, -0.05) is 0 Å². The van der Waals surface area contributed by atoms with Crippen molar-refractivity contribution in [3.05, 3.63) is 30.1 Å². The fraction of sp³-hybridized carbons (Fsp3) is 0.538. The summed E-state index contributed by atoms with van der Waals surface area (Å²) >= 11 is 0. The predicted octanol–water partition coefficient (Wildman–Crippen LogP) is 1.34.